The van der Waals surface area contributed by atoms with Crippen LogP contribution in [0.4, 0.5) is 5.82 Å². The molecule has 0 saturated carbocycles. The number of aliphatic hydroxyl groups is 1. The van der Waals surface area contributed by atoms with Gasteiger partial charge in [-0.15, -0.1) is 0 Å². The van der Waals surface area contributed by atoms with Gasteiger partial charge >= 0.3 is 0 Å². The number of aromatic nitrogens is 2. The van der Waals surface area contributed by atoms with Crippen LogP contribution in [-0.4, -0.2) is 26.3 Å². The van der Waals surface area contributed by atoms with E-state index in [2.05, 4.69) is 27.8 Å². The normalized spacial score (nSPS) is 14.7. The van der Waals surface area contributed by atoms with Gasteiger partial charge < -0.3 is 25.4 Å². The lowest BCUT2D eigenvalue weighted by molar-refractivity contribution is 0.207. The fourth-order valence-electron chi connectivity index (χ4n) is 3.28. The van der Waals surface area contributed by atoms with Crippen molar-refractivity contribution in [2.75, 3.05) is 11.9 Å². The maximum Gasteiger partial charge on any atom is 0.151 e. The van der Waals surface area contributed by atoms with E-state index in [-0.39, 0.29) is 5.75 Å². The summed E-state index contributed by atoms with van der Waals surface area (Å²) in [5.41, 5.74) is 4.41. The van der Waals surface area contributed by atoms with E-state index in [0.717, 1.165) is 30.6 Å². The van der Waals surface area contributed by atoms with Gasteiger partial charge in [-0.3, -0.25) is 0 Å². The number of imidazole rings is 1. The number of phenols is 1. The minimum Gasteiger partial charge on any atom is -0.508 e. The Balaban J connectivity index is 1.43. The molecule has 0 amide bonds. The van der Waals surface area contributed by atoms with E-state index in [1.54, 1.807) is 18.5 Å². The third-order valence-electron chi connectivity index (χ3n) is 4.63. The standard InChI is InChI=1S/C20H22N4O2/c25-18-3-1-2-14(8-18)11-24-12-19(22-13-24)23-20(26)16-4-5-17-10-21-7-6-15(17)9-16/h1-5,8-9,12-13,20-21,23,25-26H,6-7,10-11H2. The lowest BCUT2D eigenvalue weighted by Crippen LogP contribution is -2.24. The number of rotatable bonds is 5. The summed E-state index contributed by atoms with van der Waals surface area (Å²) in [4.78, 5) is 4.31. The van der Waals surface area contributed by atoms with Crippen molar-refractivity contribution in [1.82, 2.24) is 14.9 Å². The van der Waals surface area contributed by atoms with Gasteiger partial charge in [-0.2, -0.15) is 0 Å². The second-order valence-corrected chi connectivity index (χ2v) is 6.60. The van der Waals surface area contributed by atoms with Gasteiger partial charge in [-0.25, -0.2) is 4.98 Å². The molecule has 4 N–H and O–H groups in total. The van der Waals surface area contributed by atoms with Gasteiger partial charge in [0.05, 0.1) is 6.33 Å². The van der Waals surface area contributed by atoms with Crippen molar-refractivity contribution in [3.63, 3.8) is 0 Å². The average Bonchev–Trinajstić information content (AvgIpc) is 3.08. The number of aliphatic hydroxyl groups excluding tert-OH is 1. The molecule has 0 spiro atoms. The first-order valence-corrected chi connectivity index (χ1v) is 8.74. The van der Waals surface area contributed by atoms with Crippen LogP contribution in [0.1, 0.15) is 28.5 Å². The third-order valence-corrected chi connectivity index (χ3v) is 4.63. The van der Waals surface area contributed by atoms with Crippen LogP contribution in [0, 0.1) is 0 Å². The fraction of sp³-hybridized carbons (Fsp3) is 0.250. The van der Waals surface area contributed by atoms with Crippen LogP contribution >= 0.6 is 0 Å². The molecule has 134 valence electrons. The van der Waals surface area contributed by atoms with Crippen LogP contribution in [0.2, 0.25) is 0 Å². The average molecular weight is 350 g/mol. The molecule has 2 aromatic carbocycles. The predicted octanol–water partition coefficient (Wildman–Crippen LogP) is 2.39. The Kier molecular flexibility index (Phi) is 4.60. The highest BCUT2D eigenvalue weighted by Gasteiger charge is 2.14. The molecule has 1 aliphatic rings. The Morgan fingerprint density at radius 3 is 3.00 bits per heavy atom. The molecule has 6 nitrogen and oxygen atoms in total. The lowest BCUT2D eigenvalue weighted by atomic mass is 9.98. The van der Waals surface area contributed by atoms with Crippen LogP contribution < -0.4 is 10.6 Å². The van der Waals surface area contributed by atoms with Crippen molar-refractivity contribution in [3.8, 4) is 5.75 Å². The van der Waals surface area contributed by atoms with Gasteiger partial charge in [0.2, 0.25) is 0 Å². The SMILES string of the molecule is Oc1cccc(Cn2cnc(NC(O)c3ccc4c(c3)CCNC4)c2)c1. The Morgan fingerprint density at radius 2 is 2.12 bits per heavy atom. The fourth-order valence-corrected chi connectivity index (χ4v) is 3.28. The zero-order valence-electron chi connectivity index (χ0n) is 14.4. The molecule has 26 heavy (non-hydrogen) atoms. The van der Waals surface area contributed by atoms with E-state index in [1.165, 1.54) is 11.1 Å². The highest BCUT2D eigenvalue weighted by molar-refractivity contribution is 5.39. The lowest BCUT2D eigenvalue weighted by Gasteiger charge is -2.20. The highest BCUT2D eigenvalue weighted by Crippen LogP contribution is 2.22. The number of aromatic hydroxyl groups is 1. The van der Waals surface area contributed by atoms with Crippen LogP contribution in [0.3, 0.4) is 0 Å². The molecule has 1 atom stereocenters. The summed E-state index contributed by atoms with van der Waals surface area (Å²) in [6.45, 7) is 2.46. The summed E-state index contributed by atoms with van der Waals surface area (Å²) in [6, 6.07) is 13.2. The van der Waals surface area contributed by atoms with Gasteiger partial charge in [0.25, 0.3) is 0 Å². The monoisotopic (exact) mass is 350 g/mol. The number of hydrogen-bond acceptors (Lipinski definition) is 5. The molecule has 0 bridgehead atoms. The second kappa shape index (κ2) is 7.19. The van der Waals surface area contributed by atoms with Crippen molar-refractivity contribution in [2.45, 2.75) is 25.7 Å². The number of fused-ring (bicyclic) bond motifs is 1. The Bertz CT molecular complexity index is 906. The summed E-state index contributed by atoms with van der Waals surface area (Å²) in [6.07, 6.45) is 3.72. The Hall–Kier alpha value is -2.83. The number of nitrogens with one attached hydrogen (secondary N) is 2. The molecule has 0 radical (unpaired) electrons. The van der Waals surface area contributed by atoms with Crippen molar-refractivity contribution < 1.29 is 10.2 Å². The van der Waals surface area contributed by atoms with E-state index >= 15 is 0 Å². The van der Waals surface area contributed by atoms with E-state index in [9.17, 15) is 10.2 Å². The van der Waals surface area contributed by atoms with Crippen LogP contribution in [0.5, 0.6) is 5.75 Å². The molecule has 0 saturated heterocycles. The van der Waals surface area contributed by atoms with Crippen molar-refractivity contribution in [1.29, 1.82) is 0 Å². The summed E-state index contributed by atoms with van der Waals surface area (Å²) in [7, 11) is 0. The van der Waals surface area contributed by atoms with E-state index in [1.807, 2.05) is 29.0 Å². The van der Waals surface area contributed by atoms with Crippen molar-refractivity contribution >= 4 is 5.82 Å². The van der Waals surface area contributed by atoms with Gasteiger partial charge in [-0.1, -0.05) is 30.3 Å². The largest absolute Gasteiger partial charge is 0.508 e. The first kappa shape index (κ1) is 16.6. The van der Waals surface area contributed by atoms with Crippen molar-refractivity contribution in [3.05, 3.63) is 77.2 Å². The molecular weight excluding hydrogens is 328 g/mol. The van der Waals surface area contributed by atoms with E-state index in [4.69, 9.17) is 0 Å². The van der Waals surface area contributed by atoms with Crippen LogP contribution in [0.25, 0.3) is 0 Å². The molecule has 1 aliphatic heterocycles. The zero-order valence-corrected chi connectivity index (χ0v) is 14.4. The zero-order chi connectivity index (χ0) is 17.9. The molecule has 0 fully saturated rings. The first-order chi connectivity index (χ1) is 12.7. The molecule has 1 unspecified atom stereocenters. The van der Waals surface area contributed by atoms with Gasteiger partial charge in [0, 0.05) is 24.8 Å². The van der Waals surface area contributed by atoms with Gasteiger partial charge in [-0.05, 0) is 41.8 Å². The molecule has 2 heterocycles. The van der Waals surface area contributed by atoms with Gasteiger partial charge in [0.1, 0.15) is 11.6 Å². The molecular formula is C20H22N4O2. The summed E-state index contributed by atoms with van der Waals surface area (Å²) < 4.78 is 1.91. The number of anilines is 1. The Labute approximate surface area is 152 Å². The minimum absolute atomic E-state index is 0.249. The number of benzene rings is 2. The first-order valence-electron chi connectivity index (χ1n) is 8.74. The van der Waals surface area contributed by atoms with Crippen molar-refractivity contribution in [2.24, 2.45) is 0 Å². The topological polar surface area (TPSA) is 82.3 Å². The third kappa shape index (κ3) is 3.71. The van der Waals surface area contributed by atoms with Crippen LogP contribution in [-0.2, 0) is 19.5 Å². The summed E-state index contributed by atoms with van der Waals surface area (Å²) in [5.74, 6) is 0.857. The quantitative estimate of drug-likeness (QED) is 0.531. The van der Waals surface area contributed by atoms with Gasteiger partial charge in [0.15, 0.2) is 6.23 Å². The van der Waals surface area contributed by atoms with E-state index in [0.29, 0.717) is 12.4 Å². The Morgan fingerprint density at radius 1 is 1.19 bits per heavy atom. The smallest absolute Gasteiger partial charge is 0.151 e. The molecule has 6 heteroatoms. The van der Waals surface area contributed by atoms with Crippen LogP contribution in [0.15, 0.2) is 55.0 Å². The molecule has 4 rings (SSSR count). The van der Waals surface area contributed by atoms with E-state index < -0.39 is 6.23 Å². The summed E-state index contributed by atoms with van der Waals surface area (Å²) >= 11 is 0. The molecule has 1 aromatic heterocycles. The second-order valence-electron chi connectivity index (χ2n) is 6.60. The summed E-state index contributed by atoms with van der Waals surface area (Å²) in [5, 5.41) is 26.4. The number of hydrogen-bond donors (Lipinski definition) is 4. The maximum absolute atomic E-state index is 10.5. The predicted molar refractivity (Wildman–Crippen MR) is 99.9 cm³/mol. The maximum atomic E-state index is 10.5. The molecule has 3 aromatic rings. The number of phenolic OH excluding ortho intramolecular Hbond substituents is 1. The minimum atomic E-state index is -0.806. The molecule has 0 aliphatic carbocycles. The highest BCUT2D eigenvalue weighted by atomic mass is 16.3. The number of nitrogens with zero attached hydrogens (tertiary/aromatic N) is 2.